The fourth-order valence-corrected chi connectivity index (χ4v) is 3.95. The van der Waals surface area contributed by atoms with E-state index in [0.717, 1.165) is 36.3 Å². The molecule has 0 N–H and O–H groups in total. The van der Waals surface area contributed by atoms with Gasteiger partial charge in [-0.25, -0.2) is 0 Å². The largest absolute Gasteiger partial charge is 0.341 e. The van der Waals surface area contributed by atoms with E-state index in [9.17, 15) is 14.4 Å². The van der Waals surface area contributed by atoms with Crippen LogP contribution in [-0.2, 0) is 17.9 Å². The number of benzene rings is 1. The van der Waals surface area contributed by atoms with E-state index in [1.54, 1.807) is 29.2 Å². The number of amides is 3. The molecule has 1 aliphatic heterocycles. The highest BCUT2D eigenvalue weighted by Crippen LogP contribution is 2.23. The molecule has 0 spiro atoms. The molecule has 0 saturated carbocycles. The Labute approximate surface area is 177 Å². The zero-order chi connectivity index (χ0) is 21.8. The number of imide groups is 1. The van der Waals surface area contributed by atoms with Gasteiger partial charge in [0, 0.05) is 44.4 Å². The molecular weight excluding hydrogens is 380 g/mol. The third-order valence-electron chi connectivity index (χ3n) is 5.80. The fraction of sp³-hybridized carbons (Fsp3) is 0.478. The van der Waals surface area contributed by atoms with E-state index in [1.807, 2.05) is 25.6 Å². The maximum absolute atomic E-state index is 12.5. The first-order valence-electron chi connectivity index (χ1n) is 10.6. The van der Waals surface area contributed by atoms with E-state index in [0.29, 0.717) is 37.1 Å². The maximum atomic E-state index is 12.5. The molecule has 3 amide bonds. The van der Waals surface area contributed by atoms with Gasteiger partial charge >= 0.3 is 0 Å². The van der Waals surface area contributed by atoms with Crippen LogP contribution in [0.3, 0.4) is 0 Å². The standard InChI is InChI=1S/C23H30N4O3/c1-5-27-17(3)20(16(2)24-27)15-25(4)21(28)13-7-6-10-14-26-22(29)18-11-8-9-12-19(18)23(26)30/h8-9,11-12H,5-7,10,13-15H2,1-4H3. The average Bonchev–Trinajstić information content (AvgIpc) is 3.15. The number of unbranched alkanes of at least 4 members (excludes halogenated alkanes) is 2. The Morgan fingerprint density at radius 1 is 1.03 bits per heavy atom. The number of carbonyl (C=O) groups is 3. The summed E-state index contributed by atoms with van der Waals surface area (Å²) in [5.74, 6) is -0.340. The van der Waals surface area contributed by atoms with Gasteiger partial charge in [-0.2, -0.15) is 5.10 Å². The van der Waals surface area contributed by atoms with Crippen molar-refractivity contribution in [3.05, 3.63) is 52.3 Å². The number of fused-ring (bicyclic) bond motifs is 1. The maximum Gasteiger partial charge on any atom is 0.261 e. The molecule has 0 unspecified atom stereocenters. The number of hydrogen-bond acceptors (Lipinski definition) is 4. The van der Waals surface area contributed by atoms with Crippen molar-refractivity contribution in [3.8, 4) is 0 Å². The topological polar surface area (TPSA) is 75.5 Å². The van der Waals surface area contributed by atoms with Gasteiger partial charge in [0.2, 0.25) is 5.91 Å². The second-order valence-electron chi connectivity index (χ2n) is 7.83. The summed E-state index contributed by atoms with van der Waals surface area (Å²) in [7, 11) is 1.82. The number of carbonyl (C=O) groups excluding carboxylic acids is 3. The first kappa shape index (κ1) is 21.7. The van der Waals surface area contributed by atoms with Gasteiger partial charge in [-0.3, -0.25) is 24.0 Å². The van der Waals surface area contributed by atoms with Crippen molar-refractivity contribution in [2.75, 3.05) is 13.6 Å². The van der Waals surface area contributed by atoms with E-state index in [4.69, 9.17) is 0 Å². The van der Waals surface area contributed by atoms with E-state index < -0.39 is 0 Å². The second-order valence-corrected chi connectivity index (χ2v) is 7.83. The van der Waals surface area contributed by atoms with Crippen LogP contribution in [0.5, 0.6) is 0 Å². The van der Waals surface area contributed by atoms with Crippen molar-refractivity contribution in [3.63, 3.8) is 0 Å². The molecule has 1 aromatic heterocycles. The lowest BCUT2D eigenvalue weighted by Crippen LogP contribution is -2.30. The Morgan fingerprint density at radius 3 is 2.23 bits per heavy atom. The summed E-state index contributed by atoms with van der Waals surface area (Å²) in [5, 5.41) is 4.51. The number of aromatic nitrogens is 2. The molecular formula is C23H30N4O3. The molecule has 1 aliphatic rings. The molecule has 7 heteroatoms. The Morgan fingerprint density at radius 2 is 1.67 bits per heavy atom. The summed E-state index contributed by atoms with van der Waals surface area (Å²) in [6.07, 6.45) is 2.68. The highest BCUT2D eigenvalue weighted by molar-refractivity contribution is 6.21. The van der Waals surface area contributed by atoms with Gasteiger partial charge in [-0.15, -0.1) is 0 Å². The van der Waals surface area contributed by atoms with Crippen LogP contribution >= 0.6 is 0 Å². The molecule has 0 radical (unpaired) electrons. The van der Waals surface area contributed by atoms with Crippen LogP contribution in [0.1, 0.15) is 70.3 Å². The van der Waals surface area contributed by atoms with Crippen molar-refractivity contribution < 1.29 is 14.4 Å². The first-order valence-corrected chi connectivity index (χ1v) is 10.6. The summed E-state index contributed by atoms with van der Waals surface area (Å²) in [6, 6.07) is 6.92. The Kier molecular flexibility index (Phi) is 6.70. The molecule has 2 aromatic rings. The Balaban J connectivity index is 1.42. The van der Waals surface area contributed by atoms with Gasteiger partial charge in [0.25, 0.3) is 11.8 Å². The quantitative estimate of drug-likeness (QED) is 0.469. The number of rotatable bonds is 9. The molecule has 2 heterocycles. The zero-order valence-electron chi connectivity index (χ0n) is 18.3. The molecule has 0 fully saturated rings. The van der Waals surface area contributed by atoms with Crippen LogP contribution in [0.25, 0.3) is 0 Å². The highest BCUT2D eigenvalue weighted by Gasteiger charge is 2.34. The van der Waals surface area contributed by atoms with Gasteiger partial charge in [-0.05, 0) is 45.7 Å². The predicted molar refractivity (Wildman–Crippen MR) is 114 cm³/mol. The summed E-state index contributed by atoms with van der Waals surface area (Å²) < 4.78 is 1.96. The summed E-state index contributed by atoms with van der Waals surface area (Å²) >= 11 is 0. The molecule has 1 aromatic carbocycles. The Hall–Kier alpha value is -2.96. The molecule has 0 aliphatic carbocycles. The average molecular weight is 411 g/mol. The molecule has 160 valence electrons. The minimum atomic E-state index is -0.218. The molecule has 0 saturated heterocycles. The third-order valence-corrected chi connectivity index (χ3v) is 5.80. The van der Waals surface area contributed by atoms with Crippen molar-refractivity contribution in [1.29, 1.82) is 0 Å². The lowest BCUT2D eigenvalue weighted by Gasteiger charge is -2.18. The lowest BCUT2D eigenvalue weighted by atomic mass is 10.1. The lowest BCUT2D eigenvalue weighted by molar-refractivity contribution is -0.130. The van der Waals surface area contributed by atoms with E-state index >= 15 is 0 Å². The zero-order valence-corrected chi connectivity index (χ0v) is 18.3. The van der Waals surface area contributed by atoms with Crippen LogP contribution in [0.2, 0.25) is 0 Å². The third kappa shape index (κ3) is 4.30. The summed E-state index contributed by atoms with van der Waals surface area (Å²) in [4.78, 5) is 40.3. The molecule has 7 nitrogen and oxygen atoms in total. The Bertz CT molecular complexity index is 928. The minimum absolute atomic E-state index is 0.0961. The summed E-state index contributed by atoms with van der Waals surface area (Å²) in [6.45, 7) is 7.84. The minimum Gasteiger partial charge on any atom is -0.341 e. The van der Waals surface area contributed by atoms with E-state index in [-0.39, 0.29) is 17.7 Å². The van der Waals surface area contributed by atoms with Gasteiger partial charge in [0.15, 0.2) is 0 Å². The number of aryl methyl sites for hydroxylation is 2. The van der Waals surface area contributed by atoms with Crippen LogP contribution in [0, 0.1) is 13.8 Å². The molecule has 3 rings (SSSR count). The van der Waals surface area contributed by atoms with Gasteiger partial charge < -0.3 is 4.90 Å². The van der Waals surface area contributed by atoms with E-state index in [2.05, 4.69) is 12.0 Å². The molecule has 0 bridgehead atoms. The van der Waals surface area contributed by atoms with Crippen molar-refractivity contribution in [2.45, 2.75) is 59.5 Å². The van der Waals surface area contributed by atoms with Crippen LogP contribution in [-0.4, -0.2) is 50.9 Å². The first-order chi connectivity index (χ1) is 14.3. The monoisotopic (exact) mass is 410 g/mol. The second kappa shape index (κ2) is 9.24. The highest BCUT2D eigenvalue weighted by atomic mass is 16.2. The van der Waals surface area contributed by atoms with E-state index in [1.165, 1.54) is 4.90 Å². The van der Waals surface area contributed by atoms with Crippen molar-refractivity contribution >= 4 is 17.7 Å². The van der Waals surface area contributed by atoms with Gasteiger partial charge in [0.05, 0.1) is 16.8 Å². The predicted octanol–water partition coefficient (Wildman–Crippen LogP) is 3.33. The summed E-state index contributed by atoms with van der Waals surface area (Å²) in [5.41, 5.74) is 4.15. The molecule has 0 atom stereocenters. The van der Waals surface area contributed by atoms with Crippen LogP contribution in [0.15, 0.2) is 24.3 Å². The number of hydrogen-bond donors (Lipinski definition) is 0. The number of nitrogens with zero attached hydrogens (tertiary/aromatic N) is 4. The van der Waals surface area contributed by atoms with Gasteiger partial charge in [-0.1, -0.05) is 18.6 Å². The van der Waals surface area contributed by atoms with Crippen molar-refractivity contribution in [2.24, 2.45) is 0 Å². The normalized spacial score (nSPS) is 13.1. The smallest absolute Gasteiger partial charge is 0.261 e. The van der Waals surface area contributed by atoms with Crippen LogP contribution in [0.4, 0.5) is 0 Å². The fourth-order valence-electron chi connectivity index (χ4n) is 3.95. The van der Waals surface area contributed by atoms with Crippen LogP contribution < -0.4 is 0 Å². The molecule has 30 heavy (non-hydrogen) atoms. The SMILES string of the molecule is CCn1nc(C)c(CN(C)C(=O)CCCCCN2C(=O)c3ccccc3C2=O)c1C. The van der Waals surface area contributed by atoms with Gasteiger partial charge in [0.1, 0.15) is 0 Å². The van der Waals surface area contributed by atoms with Crippen molar-refractivity contribution in [1.82, 2.24) is 19.6 Å².